The van der Waals surface area contributed by atoms with E-state index in [0.717, 1.165) is 6.29 Å². The Morgan fingerprint density at radius 3 is 2.82 bits per heavy atom. The Bertz CT molecular complexity index is 564. The molecule has 0 fully saturated rings. The highest BCUT2D eigenvalue weighted by molar-refractivity contribution is 6.35. The first-order valence-electron chi connectivity index (χ1n) is 5.13. The summed E-state index contributed by atoms with van der Waals surface area (Å²) in [5.41, 5.74) is 1.75. The topological polar surface area (TPSA) is 34.9 Å². The van der Waals surface area contributed by atoms with Crippen LogP contribution in [0.25, 0.3) is 11.3 Å². The number of rotatable bonds is 3. The molecule has 0 amide bonds. The zero-order valence-corrected chi connectivity index (χ0v) is 10.7. The molecule has 0 atom stereocenters. The molecular weight excluding hydrogens is 259 g/mol. The first-order chi connectivity index (χ1) is 8.15. The van der Waals surface area contributed by atoms with Gasteiger partial charge < -0.3 is 0 Å². The van der Waals surface area contributed by atoms with Gasteiger partial charge in [0.25, 0.3) is 0 Å². The van der Waals surface area contributed by atoms with Crippen molar-refractivity contribution in [3.05, 3.63) is 40.0 Å². The average molecular weight is 269 g/mol. The third-order valence-corrected chi connectivity index (χ3v) is 2.99. The maximum absolute atomic E-state index is 11.0. The minimum Gasteiger partial charge on any atom is -0.298 e. The van der Waals surface area contributed by atoms with Crippen LogP contribution in [-0.4, -0.2) is 16.1 Å². The Labute approximate surface area is 109 Å². The van der Waals surface area contributed by atoms with E-state index in [4.69, 9.17) is 23.2 Å². The quantitative estimate of drug-likeness (QED) is 0.796. The lowest BCUT2D eigenvalue weighted by atomic mass is 10.1. The molecule has 0 saturated heterocycles. The molecule has 0 aliphatic carbocycles. The normalized spacial score (nSPS) is 10.5. The second-order valence-electron chi connectivity index (χ2n) is 3.53. The van der Waals surface area contributed by atoms with Crippen LogP contribution in [0.5, 0.6) is 0 Å². The van der Waals surface area contributed by atoms with Crippen molar-refractivity contribution in [3.63, 3.8) is 0 Å². The molecule has 0 unspecified atom stereocenters. The predicted molar refractivity (Wildman–Crippen MR) is 68.7 cm³/mol. The number of hydrogen-bond donors (Lipinski definition) is 0. The van der Waals surface area contributed by atoms with Gasteiger partial charge in [0.1, 0.15) is 5.69 Å². The molecule has 0 spiro atoms. The largest absolute Gasteiger partial charge is 0.298 e. The van der Waals surface area contributed by atoms with E-state index in [9.17, 15) is 4.79 Å². The molecule has 88 valence electrons. The van der Waals surface area contributed by atoms with Crippen LogP contribution in [0.15, 0.2) is 24.4 Å². The molecule has 1 aromatic carbocycles. The van der Waals surface area contributed by atoms with Gasteiger partial charge >= 0.3 is 0 Å². The molecule has 3 nitrogen and oxygen atoms in total. The van der Waals surface area contributed by atoms with Crippen molar-refractivity contribution < 1.29 is 4.79 Å². The highest BCUT2D eigenvalue weighted by Gasteiger charge is 2.13. The van der Waals surface area contributed by atoms with Crippen molar-refractivity contribution in [3.8, 4) is 11.3 Å². The number of halogens is 2. The van der Waals surface area contributed by atoms with Crippen LogP contribution in [0.4, 0.5) is 0 Å². The van der Waals surface area contributed by atoms with Crippen molar-refractivity contribution in [1.29, 1.82) is 0 Å². The Balaban J connectivity index is 2.62. The van der Waals surface area contributed by atoms with Gasteiger partial charge in [-0.05, 0) is 25.1 Å². The summed E-state index contributed by atoms with van der Waals surface area (Å²) in [7, 11) is 0. The minimum absolute atomic E-state index is 0.510. The Morgan fingerprint density at radius 1 is 1.41 bits per heavy atom. The first-order valence-corrected chi connectivity index (χ1v) is 5.89. The summed E-state index contributed by atoms with van der Waals surface area (Å²) in [6.45, 7) is 2.64. The molecule has 0 aliphatic heterocycles. The van der Waals surface area contributed by atoms with Crippen LogP contribution in [0.1, 0.15) is 17.3 Å². The zero-order chi connectivity index (χ0) is 12.4. The van der Waals surface area contributed by atoms with E-state index >= 15 is 0 Å². The van der Waals surface area contributed by atoms with Crippen LogP contribution in [0, 0.1) is 0 Å². The third kappa shape index (κ3) is 2.35. The molecule has 5 heteroatoms. The molecule has 0 bridgehead atoms. The number of aldehydes is 1. The van der Waals surface area contributed by atoms with Crippen LogP contribution >= 0.6 is 23.2 Å². The van der Waals surface area contributed by atoms with Crippen LogP contribution in [0.3, 0.4) is 0 Å². The Morgan fingerprint density at radius 2 is 2.18 bits per heavy atom. The van der Waals surface area contributed by atoms with Gasteiger partial charge in [0.15, 0.2) is 6.29 Å². The van der Waals surface area contributed by atoms with E-state index in [-0.39, 0.29) is 0 Å². The molecule has 1 aromatic heterocycles. The first kappa shape index (κ1) is 12.1. The van der Waals surface area contributed by atoms with E-state index in [2.05, 4.69) is 5.10 Å². The highest BCUT2D eigenvalue weighted by atomic mass is 35.5. The standard InChI is InChI=1S/C12H10Cl2N2O/c1-2-16-6-8(7-17)12(15-16)10-5-9(13)3-4-11(10)14/h3-7H,2H2,1H3. The molecular formula is C12H10Cl2N2O. The third-order valence-electron chi connectivity index (χ3n) is 2.42. The molecule has 0 aliphatic rings. The summed E-state index contributed by atoms with van der Waals surface area (Å²) in [6, 6.07) is 5.10. The van der Waals surface area contributed by atoms with Gasteiger partial charge in [-0.1, -0.05) is 23.2 Å². The lowest BCUT2D eigenvalue weighted by Crippen LogP contribution is -1.94. The van der Waals surface area contributed by atoms with Crippen molar-refractivity contribution >= 4 is 29.5 Å². The maximum Gasteiger partial charge on any atom is 0.153 e. The average Bonchev–Trinajstić information content (AvgIpc) is 2.75. The summed E-state index contributed by atoms with van der Waals surface area (Å²) in [5, 5.41) is 5.40. The second kappa shape index (κ2) is 4.90. The minimum atomic E-state index is 0.510. The van der Waals surface area contributed by atoms with Crippen LogP contribution in [-0.2, 0) is 6.54 Å². The molecule has 1 heterocycles. The molecule has 0 saturated carbocycles. The number of aryl methyl sites for hydroxylation is 1. The predicted octanol–water partition coefficient (Wildman–Crippen LogP) is 3.69. The number of carbonyl (C=O) groups is 1. The van der Waals surface area contributed by atoms with E-state index in [1.54, 1.807) is 29.1 Å². The van der Waals surface area contributed by atoms with Crippen molar-refractivity contribution in [1.82, 2.24) is 9.78 Å². The van der Waals surface area contributed by atoms with Gasteiger partial charge in [-0.3, -0.25) is 9.48 Å². The summed E-state index contributed by atoms with van der Waals surface area (Å²) in [6.07, 6.45) is 2.46. The fourth-order valence-corrected chi connectivity index (χ4v) is 1.95. The second-order valence-corrected chi connectivity index (χ2v) is 4.37. The lowest BCUT2D eigenvalue weighted by Gasteiger charge is -2.02. The van der Waals surface area contributed by atoms with E-state index in [1.807, 2.05) is 6.92 Å². The van der Waals surface area contributed by atoms with Gasteiger partial charge in [-0.25, -0.2) is 0 Å². The van der Waals surface area contributed by atoms with Gasteiger partial charge in [0.2, 0.25) is 0 Å². The smallest absolute Gasteiger partial charge is 0.153 e. The van der Waals surface area contributed by atoms with Gasteiger partial charge in [0, 0.05) is 23.3 Å². The van der Waals surface area contributed by atoms with Crippen molar-refractivity contribution in [2.75, 3.05) is 0 Å². The number of benzene rings is 1. The maximum atomic E-state index is 11.0. The van der Waals surface area contributed by atoms with Crippen molar-refractivity contribution in [2.24, 2.45) is 0 Å². The van der Waals surface area contributed by atoms with Gasteiger partial charge in [-0.2, -0.15) is 5.10 Å². The fourth-order valence-electron chi connectivity index (χ4n) is 1.57. The van der Waals surface area contributed by atoms with Crippen LogP contribution < -0.4 is 0 Å². The molecule has 2 aromatic rings. The summed E-state index contributed by atoms with van der Waals surface area (Å²) in [4.78, 5) is 11.0. The van der Waals surface area contributed by atoms with Gasteiger partial charge in [-0.15, -0.1) is 0 Å². The lowest BCUT2D eigenvalue weighted by molar-refractivity contribution is 0.112. The number of carbonyl (C=O) groups excluding carboxylic acids is 1. The Kier molecular flexibility index (Phi) is 3.50. The van der Waals surface area contributed by atoms with Crippen molar-refractivity contribution in [2.45, 2.75) is 13.5 Å². The fraction of sp³-hybridized carbons (Fsp3) is 0.167. The molecule has 0 N–H and O–H groups in total. The summed E-state index contributed by atoms with van der Waals surface area (Å²) < 4.78 is 1.69. The Hall–Kier alpha value is -1.32. The van der Waals surface area contributed by atoms with Gasteiger partial charge in [0.05, 0.1) is 10.6 Å². The summed E-state index contributed by atoms with van der Waals surface area (Å²) in [5.74, 6) is 0. The number of aromatic nitrogens is 2. The van der Waals surface area contributed by atoms with E-state index in [1.165, 1.54) is 0 Å². The molecule has 17 heavy (non-hydrogen) atoms. The zero-order valence-electron chi connectivity index (χ0n) is 9.15. The van der Waals surface area contributed by atoms with Crippen LogP contribution in [0.2, 0.25) is 10.0 Å². The van der Waals surface area contributed by atoms with E-state index < -0.39 is 0 Å². The van der Waals surface area contributed by atoms with E-state index in [0.29, 0.717) is 33.4 Å². The summed E-state index contributed by atoms with van der Waals surface area (Å²) >= 11 is 12.0. The highest BCUT2D eigenvalue weighted by Crippen LogP contribution is 2.31. The number of nitrogens with zero attached hydrogens (tertiary/aromatic N) is 2. The monoisotopic (exact) mass is 268 g/mol. The molecule has 0 radical (unpaired) electrons. The SMILES string of the molecule is CCn1cc(C=O)c(-c2cc(Cl)ccc2Cl)n1. The molecule has 2 rings (SSSR count). The number of hydrogen-bond acceptors (Lipinski definition) is 2.